The van der Waals surface area contributed by atoms with Gasteiger partial charge in [0.25, 0.3) is 0 Å². The fourth-order valence-corrected chi connectivity index (χ4v) is 8.46. The Balaban J connectivity index is 1.29. The van der Waals surface area contributed by atoms with Gasteiger partial charge >= 0.3 is 0 Å². The Morgan fingerprint density at radius 2 is 1.44 bits per heavy atom. The number of hydrogen-bond donors (Lipinski definition) is 0. The lowest BCUT2D eigenvalue weighted by Crippen LogP contribution is -2.03. The Bertz CT molecular complexity index is 2920. The van der Waals surface area contributed by atoms with Crippen molar-refractivity contribution in [1.82, 2.24) is 9.13 Å². The molecule has 3 heteroatoms. The van der Waals surface area contributed by atoms with Gasteiger partial charge in [-0.05, 0) is 90.9 Å². The molecule has 0 saturated heterocycles. The maximum atomic E-state index is 6.83. The molecular weight excluding hydrogens is 633 g/mol. The molecule has 3 heterocycles. The number of para-hydroxylation sites is 2. The average molecular weight is 671 g/mol. The maximum Gasteiger partial charge on any atom is 0.160 e. The van der Waals surface area contributed by atoms with Crippen LogP contribution in [-0.2, 0) is 6.42 Å². The standard InChI is InChI=1S/C49H38N2O/c1-3-4-6-15-32(2)50-43-21-12-9-18-37(43)38-29-26-35(30-45(38)50)41-31-42-39-19-11-14-23-46(39)52-49(42)48-47(41)40-20-10-13-22-44(40)51(48)36-27-24-34(25-28-36)33-16-7-5-8-17-33/h4-12,14-21,23-31H,3,13,22H2,1-2H3/b6-4-,32-15+. The Hall–Kier alpha value is -6.32. The van der Waals surface area contributed by atoms with E-state index < -0.39 is 0 Å². The van der Waals surface area contributed by atoms with E-state index >= 15 is 0 Å². The zero-order chi connectivity index (χ0) is 34.8. The van der Waals surface area contributed by atoms with Crippen LogP contribution in [0.5, 0.6) is 0 Å². The molecule has 1 aliphatic carbocycles. The van der Waals surface area contributed by atoms with Gasteiger partial charge in [-0.15, -0.1) is 0 Å². The number of furan rings is 1. The van der Waals surface area contributed by atoms with Crippen LogP contribution in [0.4, 0.5) is 0 Å². The van der Waals surface area contributed by atoms with Gasteiger partial charge in [-0.25, -0.2) is 0 Å². The Labute approximate surface area is 303 Å². The summed E-state index contributed by atoms with van der Waals surface area (Å²) in [5.41, 5.74) is 15.2. The first-order valence-corrected chi connectivity index (χ1v) is 18.4. The highest BCUT2D eigenvalue weighted by Gasteiger charge is 2.27. The molecule has 6 aromatic carbocycles. The van der Waals surface area contributed by atoms with Crippen LogP contribution in [0.2, 0.25) is 0 Å². The fourth-order valence-electron chi connectivity index (χ4n) is 8.46. The summed E-state index contributed by atoms with van der Waals surface area (Å²) in [6.07, 6.45) is 14.3. The second-order valence-corrected chi connectivity index (χ2v) is 13.9. The SMILES string of the molecule is CC/C=C\C=C(/C)n1c2ccccc2c2ccc(-c3cc4c5ccccc5oc4c4c3c3c(n4-c4ccc(-c5ccccc5)cc4)CCC=C3)cc21. The third-order valence-electron chi connectivity index (χ3n) is 10.8. The molecule has 0 aliphatic heterocycles. The van der Waals surface area contributed by atoms with E-state index in [1.54, 1.807) is 0 Å². The second kappa shape index (κ2) is 12.2. The summed E-state index contributed by atoms with van der Waals surface area (Å²) < 4.78 is 11.7. The van der Waals surface area contributed by atoms with Crippen LogP contribution >= 0.6 is 0 Å². The first-order chi connectivity index (χ1) is 25.7. The third-order valence-corrected chi connectivity index (χ3v) is 10.8. The van der Waals surface area contributed by atoms with E-state index in [9.17, 15) is 0 Å². The van der Waals surface area contributed by atoms with Gasteiger partial charge in [0.15, 0.2) is 5.58 Å². The molecule has 0 N–H and O–H groups in total. The van der Waals surface area contributed by atoms with Crippen molar-refractivity contribution in [3.05, 3.63) is 163 Å². The van der Waals surface area contributed by atoms with Crippen LogP contribution in [0.15, 0.2) is 156 Å². The molecule has 3 nitrogen and oxygen atoms in total. The number of benzene rings is 6. The lowest BCUT2D eigenvalue weighted by molar-refractivity contribution is 0.670. The van der Waals surface area contributed by atoms with Crippen LogP contribution in [-0.4, -0.2) is 9.13 Å². The second-order valence-electron chi connectivity index (χ2n) is 13.9. The van der Waals surface area contributed by atoms with Crippen molar-refractivity contribution in [1.29, 1.82) is 0 Å². The molecule has 52 heavy (non-hydrogen) atoms. The quantitative estimate of drug-likeness (QED) is 0.161. The van der Waals surface area contributed by atoms with Gasteiger partial charge in [0.2, 0.25) is 0 Å². The lowest BCUT2D eigenvalue weighted by Gasteiger charge is -2.14. The minimum absolute atomic E-state index is 0.910. The molecule has 3 aromatic heterocycles. The molecule has 0 atom stereocenters. The highest BCUT2D eigenvalue weighted by Crippen LogP contribution is 2.47. The first-order valence-electron chi connectivity index (χ1n) is 18.4. The van der Waals surface area contributed by atoms with Gasteiger partial charge in [-0.1, -0.05) is 122 Å². The summed E-state index contributed by atoms with van der Waals surface area (Å²) in [6.45, 7) is 4.39. The number of nitrogens with zero attached hydrogens (tertiary/aromatic N) is 2. The minimum Gasteiger partial charge on any atom is -0.454 e. The highest BCUT2D eigenvalue weighted by atomic mass is 16.3. The normalized spacial score (nSPS) is 13.5. The molecule has 0 amide bonds. The van der Waals surface area contributed by atoms with Crippen molar-refractivity contribution in [3.63, 3.8) is 0 Å². The number of rotatable bonds is 6. The van der Waals surface area contributed by atoms with Crippen LogP contribution in [0.3, 0.4) is 0 Å². The predicted molar refractivity (Wildman–Crippen MR) is 221 cm³/mol. The smallest absolute Gasteiger partial charge is 0.160 e. The number of allylic oxidation sites excluding steroid dienone is 5. The first kappa shape index (κ1) is 30.5. The Kier molecular flexibility index (Phi) is 7.14. The highest BCUT2D eigenvalue weighted by molar-refractivity contribution is 6.21. The number of fused-ring (bicyclic) bond motifs is 10. The fraction of sp³-hybridized carbons (Fsp3) is 0.102. The van der Waals surface area contributed by atoms with E-state index in [1.165, 1.54) is 66.4 Å². The summed E-state index contributed by atoms with van der Waals surface area (Å²) in [4.78, 5) is 0. The Morgan fingerprint density at radius 1 is 0.712 bits per heavy atom. The maximum absolute atomic E-state index is 6.83. The molecule has 0 radical (unpaired) electrons. The van der Waals surface area contributed by atoms with Gasteiger partial charge in [0.1, 0.15) is 5.58 Å². The van der Waals surface area contributed by atoms with Crippen LogP contribution in [0, 0.1) is 0 Å². The van der Waals surface area contributed by atoms with Crippen molar-refractivity contribution in [2.75, 3.05) is 0 Å². The summed E-state index contributed by atoms with van der Waals surface area (Å²) in [7, 11) is 0. The summed E-state index contributed by atoms with van der Waals surface area (Å²) in [5, 5.41) is 6.04. The van der Waals surface area contributed by atoms with E-state index in [0.717, 1.165) is 52.4 Å². The number of aromatic nitrogens is 2. The predicted octanol–water partition coefficient (Wildman–Crippen LogP) is 13.8. The monoisotopic (exact) mass is 670 g/mol. The molecule has 0 bridgehead atoms. The molecule has 9 aromatic rings. The molecule has 0 saturated carbocycles. The molecule has 250 valence electrons. The van der Waals surface area contributed by atoms with Crippen molar-refractivity contribution >= 4 is 66.4 Å². The molecule has 0 spiro atoms. The van der Waals surface area contributed by atoms with E-state index in [1.807, 2.05) is 0 Å². The zero-order valence-electron chi connectivity index (χ0n) is 29.4. The van der Waals surface area contributed by atoms with Crippen molar-refractivity contribution in [3.8, 4) is 27.9 Å². The van der Waals surface area contributed by atoms with Gasteiger partial charge in [-0.3, -0.25) is 0 Å². The van der Waals surface area contributed by atoms with Crippen LogP contribution < -0.4 is 0 Å². The van der Waals surface area contributed by atoms with Gasteiger partial charge in [0.05, 0.1) is 16.6 Å². The molecule has 10 rings (SSSR count). The van der Waals surface area contributed by atoms with Crippen molar-refractivity contribution in [2.24, 2.45) is 0 Å². The summed E-state index contributed by atoms with van der Waals surface area (Å²) in [5.74, 6) is 0. The largest absolute Gasteiger partial charge is 0.454 e. The van der Waals surface area contributed by atoms with Gasteiger partial charge < -0.3 is 13.6 Å². The average Bonchev–Trinajstić information content (AvgIpc) is 3.86. The minimum atomic E-state index is 0.910. The van der Waals surface area contributed by atoms with E-state index in [4.69, 9.17) is 4.42 Å². The van der Waals surface area contributed by atoms with Crippen molar-refractivity contribution < 1.29 is 4.42 Å². The van der Waals surface area contributed by atoms with Gasteiger partial charge in [-0.2, -0.15) is 0 Å². The lowest BCUT2D eigenvalue weighted by atomic mass is 9.93. The van der Waals surface area contributed by atoms with E-state index in [-0.39, 0.29) is 0 Å². The third kappa shape index (κ3) is 4.66. The van der Waals surface area contributed by atoms with Gasteiger partial charge in [0, 0.05) is 49.6 Å². The molecular formula is C49H38N2O. The number of hydrogen-bond acceptors (Lipinski definition) is 1. The summed E-state index contributed by atoms with van der Waals surface area (Å²) in [6, 6.07) is 46.3. The zero-order valence-corrected chi connectivity index (χ0v) is 29.4. The van der Waals surface area contributed by atoms with E-state index in [2.05, 4.69) is 181 Å². The molecule has 0 unspecified atom stereocenters. The molecule has 0 fully saturated rings. The molecule has 1 aliphatic rings. The van der Waals surface area contributed by atoms with E-state index in [0.29, 0.717) is 0 Å². The van der Waals surface area contributed by atoms with Crippen LogP contribution in [0.1, 0.15) is 37.9 Å². The van der Waals surface area contributed by atoms with Crippen molar-refractivity contribution in [2.45, 2.75) is 33.1 Å². The van der Waals surface area contributed by atoms with Crippen LogP contribution in [0.25, 0.3) is 94.4 Å². The topological polar surface area (TPSA) is 23.0 Å². The summed E-state index contributed by atoms with van der Waals surface area (Å²) >= 11 is 0. The Morgan fingerprint density at radius 3 is 2.29 bits per heavy atom.